The first-order valence-corrected chi connectivity index (χ1v) is 16.6. The van der Waals surface area contributed by atoms with Crippen molar-refractivity contribution in [3.63, 3.8) is 0 Å². The normalized spacial score (nSPS) is 12.1. The van der Waals surface area contributed by atoms with Crippen LogP contribution in [0.25, 0.3) is 94.9 Å². The number of fused-ring (bicyclic) bond motifs is 11. The summed E-state index contributed by atoms with van der Waals surface area (Å²) < 4.78 is 5.40. The molecule has 0 aliphatic rings. The average molecular weight is 593 g/mol. The molecule has 2 heterocycles. The van der Waals surface area contributed by atoms with Crippen LogP contribution in [0, 0.1) is 0 Å². The summed E-state index contributed by atoms with van der Waals surface area (Å²) in [7, 11) is 0. The summed E-state index contributed by atoms with van der Waals surface area (Å²) in [6, 6.07) is 54.2. The van der Waals surface area contributed by atoms with Gasteiger partial charge in [0.1, 0.15) is 0 Å². The van der Waals surface area contributed by atoms with Crippen LogP contribution in [0.5, 0.6) is 0 Å². The summed E-state index contributed by atoms with van der Waals surface area (Å²) in [5.41, 5.74) is 5.16. The summed E-state index contributed by atoms with van der Waals surface area (Å²) in [5, 5.41) is 13.1. The van der Waals surface area contributed by atoms with Gasteiger partial charge in [0.25, 0.3) is 0 Å². The van der Waals surface area contributed by atoms with Crippen molar-refractivity contribution in [3.8, 4) is 22.3 Å². The van der Waals surface area contributed by atoms with Crippen molar-refractivity contribution in [1.82, 2.24) is 0 Å². The Balaban J connectivity index is 1.19. The van der Waals surface area contributed by atoms with Gasteiger partial charge in [-0.2, -0.15) is 0 Å². The predicted molar refractivity (Wildman–Crippen MR) is 196 cm³/mol. The molecule has 0 nitrogen and oxygen atoms in total. The Kier molecular flexibility index (Phi) is 5.13. The fourth-order valence-electron chi connectivity index (χ4n) is 7.15. The van der Waals surface area contributed by atoms with E-state index in [0.717, 1.165) is 0 Å². The second-order valence-corrected chi connectivity index (χ2v) is 13.8. The first-order chi connectivity index (χ1) is 21.8. The van der Waals surface area contributed by atoms with Crippen LogP contribution >= 0.6 is 22.7 Å². The van der Waals surface area contributed by atoms with Gasteiger partial charge < -0.3 is 0 Å². The largest absolute Gasteiger partial charge is 0.135 e. The van der Waals surface area contributed by atoms with Crippen LogP contribution in [-0.4, -0.2) is 0 Å². The summed E-state index contributed by atoms with van der Waals surface area (Å²) >= 11 is 3.79. The second kappa shape index (κ2) is 9.24. The van der Waals surface area contributed by atoms with Crippen LogP contribution in [0.15, 0.2) is 146 Å². The van der Waals surface area contributed by atoms with Gasteiger partial charge in [-0.3, -0.25) is 0 Å². The van der Waals surface area contributed by atoms with E-state index in [1.165, 1.54) is 94.9 Å². The van der Waals surface area contributed by atoms with E-state index in [9.17, 15) is 0 Å². The highest BCUT2D eigenvalue weighted by Gasteiger charge is 2.14. The molecular formula is C42H24S2. The molecule has 10 aromatic rings. The van der Waals surface area contributed by atoms with Gasteiger partial charge in [0.2, 0.25) is 0 Å². The van der Waals surface area contributed by atoms with E-state index in [1.54, 1.807) is 0 Å². The first kappa shape index (κ1) is 24.4. The van der Waals surface area contributed by atoms with Gasteiger partial charge in [-0.05, 0) is 78.8 Å². The van der Waals surface area contributed by atoms with Crippen molar-refractivity contribution in [1.29, 1.82) is 0 Å². The number of hydrogen-bond donors (Lipinski definition) is 0. The maximum Gasteiger partial charge on any atom is 0.0433 e. The molecule has 0 radical (unpaired) electrons. The molecule has 0 aliphatic heterocycles. The van der Waals surface area contributed by atoms with Crippen molar-refractivity contribution >= 4 is 95.3 Å². The van der Waals surface area contributed by atoms with Crippen LogP contribution in [0.4, 0.5) is 0 Å². The molecule has 0 fully saturated rings. The minimum Gasteiger partial charge on any atom is -0.135 e. The molecule has 0 aliphatic carbocycles. The van der Waals surface area contributed by atoms with Crippen LogP contribution in [0.1, 0.15) is 0 Å². The van der Waals surface area contributed by atoms with Gasteiger partial charge in [0.05, 0.1) is 0 Å². The maximum atomic E-state index is 2.41. The minimum absolute atomic E-state index is 1.27. The molecule has 0 saturated carbocycles. The monoisotopic (exact) mass is 592 g/mol. The van der Waals surface area contributed by atoms with Crippen molar-refractivity contribution in [2.24, 2.45) is 0 Å². The fraction of sp³-hybridized carbons (Fsp3) is 0. The Morgan fingerprint density at radius 2 is 0.727 bits per heavy atom. The fourth-order valence-corrected chi connectivity index (χ4v) is 9.63. The molecule has 0 unspecified atom stereocenters. The molecule has 2 heteroatoms. The lowest BCUT2D eigenvalue weighted by Crippen LogP contribution is -1.85. The summed E-state index contributed by atoms with van der Waals surface area (Å²) in [4.78, 5) is 0. The third kappa shape index (κ3) is 3.50. The molecule has 0 saturated heterocycles. The van der Waals surface area contributed by atoms with Crippen molar-refractivity contribution in [2.75, 3.05) is 0 Å². The maximum absolute atomic E-state index is 2.41. The van der Waals surface area contributed by atoms with E-state index in [-0.39, 0.29) is 0 Å². The molecule has 44 heavy (non-hydrogen) atoms. The van der Waals surface area contributed by atoms with Crippen LogP contribution in [0.2, 0.25) is 0 Å². The van der Waals surface area contributed by atoms with E-state index in [4.69, 9.17) is 0 Å². The lowest BCUT2D eigenvalue weighted by Gasteiger charge is -2.12. The lowest BCUT2D eigenvalue weighted by molar-refractivity contribution is 1.71. The smallest absolute Gasteiger partial charge is 0.0433 e. The molecule has 0 bridgehead atoms. The Labute approximate surface area is 262 Å². The lowest BCUT2D eigenvalue weighted by atomic mass is 9.92. The number of thiophene rings is 2. The Hall–Kier alpha value is -5.02. The third-order valence-electron chi connectivity index (χ3n) is 9.27. The molecule has 0 spiro atoms. The van der Waals surface area contributed by atoms with E-state index >= 15 is 0 Å². The zero-order valence-electron chi connectivity index (χ0n) is 23.7. The van der Waals surface area contributed by atoms with Gasteiger partial charge >= 0.3 is 0 Å². The van der Waals surface area contributed by atoms with E-state index in [2.05, 4.69) is 146 Å². The van der Waals surface area contributed by atoms with E-state index in [1.807, 2.05) is 22.7 Å². The average Bonchev–Trinajstić information content (AvgIpc) is 3.66. The second-order valence-electron chi connectivity index (χ2n) is 11.7. The van der Waals surface area contributed by atoms with Crippen molar-refractivity contribution in [3.05, 3.63) is 146 Å². The zero-order chi connectivity index (χ0) is 28.8. The molecule has 8 aromatic carbocycles. The minimum atomic E-state index is 1.27. The molecule has 0 amide bonds. The number of hydrogen-bond acceptors (Lipinski definition) is 2. The first-order valence-electron chi connectivity index (χ1n) is 15.0. The van der Waals surface area contributed by atoms with Crippen LogP contribution in [-0.2, 0) is 0 Å². The van der Waals surface area contributed by atoms with Gasteiger partial charge in [-0.25, -0.2) is 0 Å². The SMILES string of the molecule is c1ccc2c(c1)sc1c(-c3ccc4ccc5c6cc(-c7cccc8c7sc7ccccc78)ccc6ccc5c4c3)cccc12. The molecule has 2 aromatic heterocycles. The Morgan fingerprint density at radius 3 is 1.23 bits per heavy atom. The third-order valence-corrected chi connectivity index (χ3v) is 11.7. The zero-order valence-corrected chi connectivity index (χ0v) is 25.3. The van der Waals surface area contributed by atoms with E-state index < -0.39 is 0 Å². The molecule has 204 valence electrons. The van der Waals surface area contributed by atoms with Crippen molar-refractivity contribution in [2.45, 2.75) is 0 Å². The number of benzene rings is 8. The van der Waals surface area contributed by atoms with Gasteiger partial charge in [-0.1, -0.05) is 121 Å². The summed E-state index contributed by atoms with van der Waals surface area (Å²) in [6.07, 6.45) is 0. The highest BCUT2D eigenvalue weighted by atomic mass is 32.1. The van der Waals surface area contributed by atoms with Crippen LogP contribution < -0.4 is 0 Å². The quantitative estimate of drug-likeness (QED) is 0.175. The summed E-state index contributed by atoms with van der Waals surface area (Å²) in [5.74, 6) is 0. The van der Waals surface area contributed by atoms with E-state index in [0.29, 0.717) is 0 Å². The molecule has 0 N–H and O–H groups in total. The highest BCUT2D eigenvalue weighted by Crippen LogP contribution is 2.43. The molecule has 0 atom stereocenters. The number of rotatable bonds is 2. The topological polar surface area (TPSA) is 0 Å². The van der Waals surface area contributed by atoms with Crippen molar-refractivity contribution < 1.29 is 0 Å². The summed E-state index contributed by atoms with van der Waals surface area (Å²) in [6.45, 7) is 0. The highest BCUT2D eigenvalue weighted by molar-refractivity contribution is 7.26. The van der Waals surface area contributed by atoms with Gasteiger partial charge in [0, 0.05) is 40.3 Å². The predicted octanol–water partition coefficient (Wildman–Crippen LogP) is 13.2. The standard InChI is InChI=1S/C42H24S2/c1-3-13-39-33(7-1)35-11-5-9-29(41(35)43-39)27-17-15-25-19-22-32-31(37(25)23-27)21-20-26-16-18-28(24-38(26)32)30-10-6-12-36-34-8-2-4-14-40(34)44-42(30)36/h1-24H. The van der Waals surface area contributed by atoms with Gasteiger partial charge in [-0.15, -0.1) is 22.7 Å². The van der Waals surface area contributed by atoms with Crippen LogP contribution in [0.3, 0.4) is 0 Å². The molecular weight excluding hydrogens is 569 g/mol. The molecule has 10 rings (SSSR count). The Morgan fingerprint density at radius 1 is 0.295 bits per heavy atom. The Bertz CT molecular complexity index is 2580. The van der Waals surface area contributed by atoms with Gasteiger partial charge in [0.15, 0.2) is 0 Å².